The molecular weight excluding hydrogens is 145 g/mol. The number of hydrogen-bond acceptors (Lipinski definition) is 1. The van der Waals surface area contributed by atoms with Crippen molar-refractivity contribution in [2.24, 2.45) is 0 Å². The fourth-order valence-electron chi connectivity index (χ4n) is 0.741. The highest BCUT2D eigenvalue weighted by atomic mass is 19.2. The van der Waals surface area contributed by atoms with Crippen molar-refractivity contribution in [3.63, 3.8) is 0 Å². The van der Waals surface area contributed by atoms with Gasteiger partial charge in [-0.25, -0.2) is 0 Å². The van der Waals surface area contributed by atoms with Gasteiger partial charge < -0.3 is 0 Å². The first-order valence-electron chi connectivity index (χ1n) is 3.23. The van der Waals surface area contributed by atoms with Gasteiger partial charge in [0.15, 0.2) is 0 Å². The number of rotatable bonds is 1. The van der Waals surface area contributed by atoms with E-state index < -0.39 is 5.91 Å². The first kappa shape index (κ1) is 7.72. The lowest BCUT2D eigenvalue weighted by molar-refractivity contribution is -0.119. The molecule has 11 heavy (non-hydrogen) atoms. The summed E-state index contributed by atoms with van der Waals surface area (Å²) in [6.07, 6.45) is 0. The summed E-state index contributed by atoms with van der Waals surface area (Å²) in [5.41, 5.74) is 0.264. The van der Waals surface area contributed by atoms with Gasteiger partial charge in [0, 0.05) is 6.92 Å². The average molecular weight is 153 g/mol. The van der Waals surface area contributed by atoms with Gasteiger partial charge in [0.05, 0.1) is 5.69 Å². The number of halogens is 1. The smallest absolute Gasteiger partial charge is 0.251 e. The molecule has 0 aliphatic heterocycles. The Labute approximate surface area is 64.2 Å². The molecule has 2 nitrogen and oxygen atoms in total. The van der Waals surface area contributed by atoms with Crippen molar-refractivity contribution < 1.29 is 9.28 Å². The minimum atomic E-state index is -0.615. The first-order valence-corrected chi connectivity index (χ1v) is 3.23. The van der Waals surface area contributed by atoms with Crippen molar-refractivity contribution in [3.8, 4) is 0 Å². The predicted molar refractivity (Wildman–Crippen MR) is 40.7 cm³/mol. The van der Waals surface area contributed by atoms with Gasteiger partial charge in [-0.2, -0.15) is 0 Å². The predicted octanol–water partition coefficient (Wildman–Crippen LogP) is 1.92. The van der Waals surface area contributed by atoms with Gasteiger partial charge in [-0.3, -0.25) is 4.79 Å². The largest absolute Gasteiger partial charge is 0.272 e. The minimum Gasteiger partial charge on any atom is -0.272 e. The summed E-state index contributed by atoms with van der Waals surface area (Å²) in [6.45, 7) is 1.17. The monoisotopic (exact) mass is 153 g/mol. The van der Waals surface area contributed by atoms with Crippen LogP contribution >= 0.6 is 0 Å². The van der Waals surface area contributed by atoms with Crippen LogP contribution in [0.1, 0.15) is 6.92 Å². The SMILES string of the molecule is CC(=O)N(F)c1ccccc1. The van der Waals surface area contributed by atoms with E-state index in [1.54, 1.807) is 18.2 Å². The maximum absolute atomic E-state index is 12.7. The maximum atomic E-state index is 12.7. The van der Waals surface area contributed by atoms with Gasteiger partial charge >= 0.3 is 0 Å². The maximum Gasteiger partial charge on any atom is 0.251 e. The van der Waals surface area contributed by atoms with E-state index in [0.717, 1.165) is 0 Å². The Morgan fingerprint density at radius 3 is 2.36 bits per heavy atom. The zero-order valence-electron chi connectivity index (χ0n) is 6.12. The summed E-state index contributed by atoms with van der Waals surface area (Å²) in [6, 6.07) is 8.16. The molecule has 1 amide bonds. The highest BCUT2D eigenvalue weighted by molar-refractivity contribution is 5.88. The lowest BCUT2D eigenvalue weighted by atomic mass is 10.3. The molecule has 0 fully saturated rings. The van der Waals surface area contributed by atoms with Gasteiger partial charge in [-0.1, -0.05) is 22.7 Å². The van der Waals surface area contributed by atoms with E-state index in [9.17, 15) is 9.28 Å². The van der Waals surface area contributed by atoms with Crippen LogP contribution in [0.3, 0.4) is 0 Å². The third-order valence-corrected chi connectivity index (χ3v) is 1.26. The number of anilines is 1. The molecule has 1 aromatic rings. The molecule has 0 heterocycles. The Bertz CT molecular complexity index is 248. The molecule has 0 saturated carbocycles. The van der Waals surface area contributed by atoms with E-state index in [0.29, 0.717) is 0 Å². The fourth-order valence-corrected chi connectivity index (χ4v) is 0.741. The van der Waals surface area contributed by atoms with Crippen LogP contribution in [0.4, 0.5) is 10.2 Å². The summed E-state index contributed by atoms with van der Waals surface area (Å²) in [7, 11) is 0. The molecule has 0 aliphatic rings. The van der Waals surface area contributed by atoms with Crippen LogP contribution in [-0.2, 0) is 4.79 Å². The van der Waals surface area contributed by atoms with Crippen LogP contribution in [-0.4, -0.2) is 5.91 Å². The molecule has 0 atom stereocenters. The van der Waals surface area contributed by atoms with Gasteiger partial charge in [0.2, 0.25) is 0 Å². The molecule has 1 rings (SSSR count). The number of carbonyl (C=O) groups excluding carboxylic acids is 1. The Hall–Kier alpha value is -1.38. The molecule has 0 N–H and O–H groups in total. The van der Waals surface area contributed by atoms with Crippen LogP contribution in [0, 0.1) is 0 Å². The molecule has 0 aromatic heterocycles. The number of amides is 1. The van der Waals surface area contributed by atoms with Crippen molar-refractivity contribution in [2.75, 3.05) is 5.12 Å². The molecule has 0 radical (unpaired) electrons. The van der Waals surface area contributed by atoms with Crippen LogP contribution in [0.25, 0.3) is 0 Å². The normalized spacial score (nSPS) is 9.27. The van der Waals surface area contributed by atoms with Crippen molar-refractivity contribution in [2.45, 2.75) is 6.92 Å². The molecule has 0 aliphatic carbocycles. The summed E-state index contributed by atoms with van der Waals surface area (Å²) in [5.74, 6) is -0.615. The summed E-state index contributed by atoms with van der Waals surface area (Å²) >= 11 is 0. The van der Waals surface area contributed by atoms with Gasteiger partial charge in [0.25, 0.3) is 5.91 Å². The number of para-hydroxylation sites is 1. The Morgan fingerprint density at radius 1 is 1.36 bits per heavy atom. The highest BCUT2D eigenvalue weighted by Gasteiger charge is 2.07. The molecule has 3 heteroatoms. The van der Waals surface area contributed by atoms with Gasteiger partial charge in [-0.05, 0) is 12.1 Å². The standard InChI is InChI=1S/C8H8FNO/c1-7(11)10(9)8-5-3-2-4-6-8/h2-6H,1H3. The lowest BCUT2D eigenvalue weighted by Gasteiger charge is -2.07. The zero-order valence-corrected chi connectivity index (χ0v) is 6.12. The van der Waals surface area contributed by atoms with Crippen molar-refractivity contribution in [3.05, 3.63) is 30.3 Å². The van der Waals surface area contributed by atoms with E-state index >= 15 is 0 Å². The van der Waals surface area contributed by atoms with E-state index in [1.165, 1.54) is 19.1 Å². The molecule has 0 unspecified atom stereocenters. The molecule has 0 saturated heterocycles. The van der Waals surface area contributed by atoms with Gasteiger partial charge in [0.1, 0.15) is 0 Å². The molecule has 1 aromatic carbocycles. The number of benzene rings is 1. The van der Waals surface area contributed by atoms with Crippen molar-refractivity contribution in [1.29, 1.82) is 0 Å². The minimum absolute atomic E-state index is 0.111. The second kappa shape index (κ2) is 3.14. The zero-order chi connectivity index (χ0) is 8.27. The molecular formula is C8H8FNO. The van der Waals surface area contributed by atoms with E-state index in [4.69, 9.17) is 0 Å². The number of nitrogens with zero attached hydrogens (tertiary/aromatic N) is 1. The van der Waals surface area contributed by atoms with E-state index in [1.807, 2.05) is 0 Å². The topological polar surface area (TPSA) is 20.3 Å². The quantitative estimate of drug-likeness (QED) is 0.564. The van der Waals surface area contributed by atoms with Crippen LogP contribution < -0.4 is 5.12 Å². The van der Waals surface area contributed by atoms with Gasteiger partial charge in [-0.15, -0.1) is 5.12 Å². The second-order valence-corrected chi connectivity index (χ2v) is 2.14. The summed E-state index contributed by atoms with van der Waals surface area (Å²) < 4.78 is 12.7. The average Bonchev–Trinajstić information content (AvgIpc) is 2.05. The third-order valence-electron chi connectivity index (χ3n) is 1.26. The summed E-state index contributed by atoms with van der Waals surface area (Å²) in [4.78, 5) is 10.5. The Kier molecular flexibility index (Phi) is 2.21. The van der Waals surface area contributed by atoms with E-state index in [-0.39, 0.29) is 10.8 Å². The van der Waals surface area contributed by atoms with Crippen LogP contribution in [0.2, 0.25) is 0 Å². The van der Waals surface area contributed by atoms with Crippen LogP contribution in [0.5, 0.6) is 0 Å². The molecule has 0 bridgehead atoms. The fraction of sp³-hybridized carbons (Fsp3) is 0.125. The number of hydrogen-bond donors (Lipinski definition) is 0. The molecule has 0 spiro atoms. The third kappa shape index (κ3) is 1.77. The highest BCUT2D eigenvalue weighted by Crippen LogP contribution is 2.12. The van der Waals surface area contributed by atoms with E-state index in [2.05, 4.69) is 0 Å². The number of carbonyl (C=O) groups is 1. The van der Waals surface area contributed by atoms with Crippen molar-refractivity contribution >= 4 is 11.6 Å². The summed E-state index contributed by atoms with van der Waals surface area (Å²) in [5, 5.41) is 0.111. The first-order chi connectivity index (χ1) is 5.22. The molecule has 58 valence electrons. The Balaban J connectivity index is 2.85. The van der Waals surface area contributed by atoms with Crippen LogP contribution in [0.15, 0.2) is 30.3 Å². The van der Waals surface area contributed by atoms with Crippen molar-refractivity contribution in [1.82, 2.24) is 0 Å². The Morgan fingerprint density at radius 2 is 1.91 bits per heavy atom. The second-order valence-electron chi connectivity index (χ2n) is 2.14. The lowest BCUT2D eigenvalue weighted by Crippen LogP contribution is -2.17.